The third kappa shape index (κ3) is 4.11. The molecular formula is C19H19BrN4. The van der Waals surface area contributed by atoms with Crippen molar-refractivity contribution >= 4 is 33.3 Å². The third-order valence-corrected chi connectivity index (χ3v) is 4.02. The second kappa shape index (κ2) is 7.45. The van der Waals surface area contributed by atoms with E-state index in [4.69, 9.17) is 0 Å². The number of para-hydroxylation sites is 1. The fourth-order valence-corrected chi connectivity index (χ4v) is 2.68. The Kier molecular flexibility index (Phi) is 5.11. The predicted octanol–water partition coefficient (Wildman–Crippen LogP) is 5.47. The van der Waals surface area contributed by atoms with Gasteiger partial charge in [-0.15, -0.1) is 0 Å². The summed E-state index contributed by atoms with van der Waals surface area (Å²) in [5, 5.41) is 6.71. The summed E-state index contributed by atoms with van der Waals surface area (Å²) in [7, 11) is 0. The maximum Gasteiger partial charge on any atom is 0.163 e. The van der Waals surface area contributed by atoms with Crippen molar-refractivity contribution in [2.45, 2.75) is 19.9 Å². The van der Waals surface area contributed by atoms with Crippen molar-refractivity contribution in [1.29, 1.82) is 0 Å². The third-order valence-electron chi connectivity index (χ3n) is 3.33. The molecule has 1 aromatic heterocycles. The highest BCUT2D eigenvalue weighted by Gasteiger charge is 2.09. The highest BCUT2D eigenvalue weighted by molar-refractivity contribution is 9.10. The molecule has 1 heterocycles. The van der Waals surface area contributed by atoms with E-state index in [1.807, 2.05) is 60.7 Å². The Bertz CT molecular complexity index is 819. The highest BCUT2D eigenvalue weighted by atomic mass is 79.9. The molecule has 24 heavy (non-hydrogen) atoms. The zero-order valence-electron chi connectivity index (χ0n) is 13.6. The van der Waals surface area contributed by atoms with Crippen LogP contribution in [0.15, 0.2) is 65.1 Å². The number of aromatic nitrogens is 2. The van der Waals surface area contributed by atoms with Gasteiger partial charge in [0.2, 0.25) is 0 Å². The maximum absolute atomic E-state index is 4.66. The number of nitrogens with one attached hydrogen (secondary N) is 2. The summed E-state index contributed by atoms with van der Waals surface area (Å²) in [6.07, 6.45) is 0. The van der Waals surface area contributed by atoms with Crippen LogP contribution in [0.5, 0.6) is 0 Å². The molecule has 0 spiro atoms. The number of hydrogen-bond acceptors (Lipinski definition) is 4. The minimum atomic E-state index is 0.292. The molecule has 0 fully saturated rings. The fraction of sp³-hybridized carbons (Fsp3) is 0.158. The average molecular weight is 383 g/mol. The van der Waals surface area contributed by atoms with Crippen LogP contribution in [0.1, 0.15) is 13.8 Å². The van der Waals surface area contributed by atoms with E-state index in [1.54, 1.807) is 0 Å². The quantitative estimate of drug-likeness (QED) is 0.614. The lowest BCUT2D eigenvalue weighted by atomic mass is 10.2. The number of nitrogens with zero attached hydrogens (tertiary/aromatic N) is 2. The molecule has 4 nitrogen and oxygen atoms in total. The molecule has 0 atom stereocenters. The normalized spacial score (nSPS) is 10.7. The number of anilines is 3. The Morgan fingerprint density at radius 1 is 0.875 bits per heavy atom. The van der Waals surface area contributed by atoms with Crippen LogP contribution < -0.4 is 10.6 Å². The van der Waals surface area contributed by atoms with Crippen LogP contribution in [0.25, 0.3) is 11.4 Å². The van der Waals surface area contributed by atoms with Crippen LogP contribution in [0, 0.1) is 0 Å². The zero-order valence-corrected chi connectivity index (χ0v) is 15.2. The second-order valence-corrected chi connectivity index (χ2v) is 6.59. The maximum atomic E-state index is 4.66. The Morgan fingerprint density at radius 2 is 1.54 bits per heavy atom. The molecule has 5 heteroatoms. The number of halogens is 1. The Morgan fingerprint density at radius 3 is 2.25 bits per heavy atom. The van der Waals surface area contributed by atoms with Gasteiger partial charge in [0.15, 0.2) is 5.82 Å². The van der Waals surface area contributed by atoms with E-state index in [-0.39, 0.29) is 0 Å². The molecule has 0 aliphatic heterocycles. The topological polar surface area (TPSA) is 49.8 Å². The van der Waals surface area contributed by atoms with Gasteiger partial charge in [0.25, 0.3) is 0 Å². The summed E-state index contributed by atoms with van der Waals surface area (Å²) < 4.78 is 0.989. The first-order valence-corrected chi connectivity index (χ1v) is 8.64. The molecule has 3 aromatic rings. The van der Waals surface area contributed by atoms with Gasteiger partial charge in [0.1, 0.15) is 11.6 Å². The van der Waals surface area contributed by atoms with Gasteiger partial charge in [-0.25, -0.2) is 9.97 Å². The largest absolute Gasteiger partial charge is 0.368 e. The van der Waals surface area contributed by atoms with Crippen molar-refractivity contribution in [3.05, 3.63) is 65.1 Å². The van der Waals surface area contributed by atoms with Gasteiger partial charge in [0.05, 0.1) is 5.69 Å². The molecular weight excluding hydrogens is 364 g/mol. The fourth-order valence-electron chi connectivity index (χ4n) is 2.30. The van der Waals surface area contributed by atoms with Crippen molar-refractivity contribution < 1.29 is 0 Å². The molecule has 0 aliphatic rings. The molecule has 0 amide bonds. The van der Waals surface area contributed by atoms with E-state index in [0.29, 0.717) is 11.9 Å². The molecule has 2 N–H and O–H groups in total. The van der Waals surface area contributed by atoms with Crippen LogP contribution in [0.4, 0.5) is 17.3 Å². The van der Waals surface area contributed by atoms with Crippen LogP contribution in [-0.4, -0.2) is 16.0 Å². The summed E-state index contributed by atoms with van der Waals surface area (Å²) in [6.45, 7) is 4.18. The SMILES string of the molecule is CC(C)Nc1cc(Nc2ccccc2Br)nc(-c2ccccc2)n1. The van der Waals surface area contributed by atoms with Crippen molar-refractivity contribution in [3.8, 4) is 11.4 Å². The van der Waals surface area contributed by atoms with Crippen molar-refractivity contribution in [1.82, 2.24) is 9.97 Å². The number of benzene rings is 2. The van der Waals surface area contributed by atoms with E-state index in [9.17, 15) is 0 Å². The van der Waals surface area contributed by atoms with Gasteiger partial charge >= 0.3 is 0 Å². The van der Waals surface area contributed by atoms with Crippen molar-refractivity contribution in [3.63, 3.8) is 0 Å². The lowest BCUT2D eigenvalue weighted by Gasteiger charge is -2.14. The minimum absolute atomic E-state index is 0.292. The van der Waals surface area contributed by atoms with E-state index in [0.717, 1.165) is 27.4 Å². The molecule has 3 rings (SSSR count). The van der Waals surface area contributed by atoms with Gasteiger partial charge in [-0.05, 0) is 41.9 Å². The molecule has 2 aromatic carbocycles. The minimum Gasteiger partial charge on any atom is -0.368 e. The Balaban J connectivity index is 2.00. The number of rotatable bonds is 5. The molecule has 0 unspecified atom stereocenters. The van der Waals surface area contributed by atoms with Crippen molar-refractivity contribution in [2.24, 2.45) is 0 Å². The summed E-state index contributed by atoms with van der Waals surface area (Å²) in [6, 6.07) is 20.2. The van der Waals surface area contributed by atoms with Gasteiger partial charge in [-0.1, -0.05) is 42.5 Å². The molecule has 0 radical (unpaired) electrons. The Labute approximate surface area is 150 Å². The summed E-state index contributed by atoms with van der Waals surface area (Å²) in [4.78, 5) is 9.30. The smallest absolute Gasteiger partial charge is 0.163 e. The van der Waals surface area contributed by atoms with Crippen LogP contribution in [0.2, 0.25) is 0 Å². The van der Waals surface area contributed by atoms with Gasteiger partial charge in [-0.3, -0.25) is 0 Å². The molecule has 0 aliphatic carbocycles. The van der Waals surface area contributed by atoms with Gasteiger partial charge < -0.3 is 10.6 Å². The first-order chi connectivity index (χ1) is 11.6. The van der Waals surface area contributed by atoms with Crippen LogP contribution in [0.3, 0.4) is 0 Å². The van der Waals surface area contributed by atoms with E-state index >= 15 is 0 Å². The van der Waals surface area contributed by atoms with E-state index < -0.39 is 0 Å². The lowest BCUT2D eigenvalue weighted by Crippen LogP contribution is -2.12. The first kappa shape index (κ1) is 16.5. The molecule has 0 bridgehead atoms. The summed E-state index contributed by atoms with van der Waals surface area (Å²) in [5.41, 5.74) is 1.95. The van der Waals surface area contributed by atoms with Crippen LogP contribution >= 0.6 is 15.9 Å². The van der Waals surface area contributed by atoms with Gasteiger partial charge in [-0.2, -0.15) is 0 Å². The Hall–Kier alpha value is -2.40. The monoisotopic (exact) mass is 382 g/mol. The summed E-state index contributed by atoms with van der Waals surface area (Å²) >= 11 is 3.55. The zero-order chi connectivity index (χ0) is 16.9. The highest BCUT2D eigenvalue weighted by Crippen LogP contribution is 2.27. The number of hydrogen-bond donors (Lipinski definition) is 2. The second-order valence-electron chi connectivity index (χ2n) is 5.73. The lowest BCUT2D eigenvalue weighted by molar-refractivity contribution is 0.887. The molecule has 122 valence electrons. The molecule has 0 saturated heterocycles. The van der Waals surface area contributed by atoms with Gasteiger partial charge in [0, 0.05) is 22.1 Å². The summed E-state index contributed by atoms with van der Waals surface area (Å²) in [5.74, 6) is 2.24. The first-order valence-electron chi connectivity index (χ1n) is 7.84. The van der Waals surface area contributed by atoms with Crippen molar-refractivity contribution in [2.75, 3.05) is 10.6 Å². The van der Waals surface area contributed by atoms with E-state index in [2.05, 4.69) is 50.4 Å². The molecule has 0 saturated carbocycles. The predicted molar refractivity (Wildman–Crippen MR) is 104 cm³/mol. The van der Waals surface area contributed by atoms with E-state index in [1.165, 1.54) is 0 Å². The average Bonchev–Trinajstić information content (AvgIpc) is 2.57. The standard InChI is InChI=1S/C19H19BrN4/c1-13(2)21-17-12-18(22-16-11-7-6-10-15(16)20)24-19(23-17)14-8-4-3-5-9-14/h3-13H,1-2H3,(H2,21,22,23,24). The van der Waals surface area contributed by atoms with Crippen LogP contribution in [-0.2, 0) is 0 Å².